The number of primary amides is 1. The van der Waals surface area contributed by atoms with Crippen LogP contribution in [0.3, 0.4) is 0 Å². The summed E-state index contributed by atoms with van der Waals surface area (Å²) >= 11 is 0. The largest absolute Gasteiger partial charge is 0.416 e. The minimum Gasteiger partial charge on any atom is -0.366 e. The maximum Gasteiger partial charge on any atom is 0.416 e. The van der Waals surface area contributed by atoms with E-state index in [4.69, 9.17) is 5.73 Å². The van der Waals surface area contributed by atoms with Gasteiger partial charge in [-0.25, -0.2) is 9.67 Å². The molecule has 2 heterocycles. The van der Waals surface area contributed by atoms with Gasteiger partial charge in [0.25, 0.3) is 5.91 Å². The number of aromatic amines is 1. The van der Waals surface area contributed by atoms with Gasteiger partial charge in [-0.3, -0.25) is 9.89 Å². The summed E-state index contributed by atoms with van der Waals surface area (Å²) in [6.07, 6.45) is -3.18. The molecule has 0 spiro atoms. The molecule has 0 bridgehead atoms. The molecule has 3 aromatic rings. The number of carbonyl (C=O) groups is 1. The molecule has 3 rings (SSSR count). The summed E-state index contributed by atoms with van der Waals surface area (Å²) < 4.78 is 79.6. The topological polar surface area (TPSA) is 102 Å². The van der Waals surface area contributed by atoms with Gasteiger partial charge in [-0.2, -0.15) is 31.4 Å². The number of aromatic nitrogens is 5. The van der Waals surface area contributed by atoms with Crippen LogP contribution in [0.1, 0.15) is 18.1 Å². The van der Waals surface area contributed by atoms with Gasteiger partial charge in [0.05, 0.1) is 28.2 Å². The lowest BCUT2D eigenvalue weighted by Crippen LogP contribution is -2.19. The van der Waals surface area contributed by atoms with Crippen LogP contribution >= 0.6 is 0 Å². The molecule has 0 fully saturated rings. The van der Waals surface area contributed by atoms with Crippen LogP contribution in [-0.4, -0.2) is 30.9 Å². The quantitative estimate of drug-likeness (QED) is 0.332. The van der Waals surface area contributed by atoms with Crippen LogP contribution in [-0.2, 0) is 17.1 Å². The minimum absolute atomic E-state index is 0.00744. The zero-order valence-electron chi connectivity index (χ0n) is 17.4. The average Bonchev–Trinajstić information content (AvgIpc) is 3.37. The molecule has 3 N–H and O–H groups in total. The average molecular weight is 482 g/mol. The number of nitrogens with one attached hydrogen (secondary N) is 1. The third-order valence-corrected chi connectivity index (χ3v) is 4.57. The maximum absolute atomic E-state index is 13.1. The molecule has 0 saturated heterocycles. The number of nitrogens with two attached hydrogens (primary N) is 1. The summed E-state index contributed by atoms with van der Waals surface area (Å²) in [5.74, 6) is -1.26. The van der Waals surface area contributed by atoms with Gasteiger partial charge in [0.2, 0.25) is 0 Å². The second kappa shape index (κ2) is 9.00. The van der Waals surface area contributed by atoms with Crippen molar-refractivity contribution in [3.8, 4) is 11.4 Å². The highest BCUT2D eigenvalue weighted by Gasteiger charge is 2.37. The van der Waals surface area contributed by atoms with Crippen molar-refractivity contribution in [2.24, 2.45) is 5.73 Å². The molecule has 0 saturated carbocycles. The number of amides is 1. The fourth-order valence-corrected chi connectivity index (χ4v) is 2.82. The first-order chi connectivity index (χ1) is 15.8. The molecule has 1 aromatic carbocycles. The van der Waals surface area contributed by atoms with Crippen LogP contribution in [0, 0.1) is 0 Å². The molecule has 1 amide bonds. The van der Waals surface area contributed by atoms with Crippen molar-refractivity contribution in [3.05, 3.63) is 69.6 Å². The highest BCUT2D eigenvalue weighted by Crippen LogP contribution is 2.38. The van der Waals surface area contributed by atoms with E-state index >= 15 is 0 Å². The van der Waals surface area contributed by atoms with E-state index in [2.05, 4.69) is 26.9 Å². The van der Waals surface area contributed by atoms with Crippen molar-refractivity contribution in [3.63, 3.8) is 0 Å². The first kappa shape index (κ1) is 24.5. The van der Waals surface area contributed by atoms with Crippen LogP contribution in [0.25, 0.3) is 30.2 Å². The first-order valence-corrected chi connectivity index (χ1v) is 9.35. The summed E-state index contributed by atoms with van der Waals surface area (Å²) in [7, 11) is 0. The van der Waals surface area contributed by atoms with Crippen molar-refractivity contribution in [2.75, 3.05) is 0 Å². The number of rotatable bonds is 5. The Balaban J connectivity index is 2.03. The molecule has 13 heteroatoms. The molecule has 0 unspecified atom stereocenters. The molecule has 0 atom stereocenters. The highest BCUT2D eigenvalue weighted by molar-refractivity contribution is 5.99. The number of H-pyrrole nitrogens is 1. The van der Waals surface area contributed by atoms with Crippen molar-refractivity contribution in [2.45, 2.75) is 19.3 Å². The fraction of sp³-hybridized carbons (Fsp3) is 0.143. The number of allylic oxidation sites excluding steroid dienone is 1. The Labute approximate surface area is 187 Å². The van der Waals surface area contributed by atoms with Crippen LogP contribution in [0.15, 0.2) is 47.9 Å². The predicted molar refractivity (Wildman–Crippen MR) is 111 cm³/mol. The van der Waals surface area contributed by atoms with E-state index in [1.165, 1.54) is 6.20 Å². The standard InChI is InChI=1S/C21H16F6N6O/c1-11(3-4-13-8-30-31-12(13)2)17(18(28)34)9-33-10-29-19(32-33)14-5-15(20(22,23)24)7-16(6-14)21(25,26)27/h3-10,31H,2H2,1H3,(H2,28,34). The van der Waals surface area contributed by atoms with Gasteiger partial charge in [-0.15, -0.1) is 5.10 Å². The van der Waals surface area contributed by atoms with Gasteiger partial charge in [-0.05, 0) is 30.7 Å². The zero-order valence-corrected chi connectivity index (χ0v) is 17.4. The summed E-state index contributed by atoms with van der Waals surface area (Å²) in [6.45, 7) is 5.30. The number of carbonyl (C=O) groups excluding carboxylic acids is 1. The van der Waals surface area contributed by atoms with Gasteiger partial charge in [-0.1, -0.05) is 18.7 Å². The molecule has 0 aliphatic rings. The van der Waals surface area contributed by atoms with Crippen LogP contribution < -0.4 is 16.3 Å². The normalized spacial score (nSPS) is 14.0. The third-order valence-electron chi connectivity index (χ3n) is 4.57. The number of halogens is 6. The summed E-state index contributed by atoms with van der Waals surface area (Å²) in [4.78, 5) is 15.7. The van der Waals surface area contributed by atoms with Crippen molar-refractivity contribution in [1.82, 2.24) is 25.0 Å². The second-order valence-electron chi connectivity index (χ2n) is 7.07. The molecule has 7 nitrogen and oxygen atoms in total. The Morgan fingerprint density at radius 1 is 1.12 bits per heavy atom. The van der Waals surface area contributed by atoms with Crippen molar-refractivity contribution < 1.29 is 31.1 Å². The van der Waals surface area contributed by atoms with Crippen LogP contribution in [0.5, 0.6) is 0 Å². The molecule has 0 radical (unpaired) electrons. The molecule has 0 aliphatic carbocycles. The lowest BCUT2D eigenvalue weighted by atomic mass is 10.0. The van der Waals surface area contributed by atoms with Crippen LogP contribution in [0.4, 0.5) is 26.3 Å². The fourth-order valence-electron chi connectivity index (χ4n) is 2.82. The van der Waals surface area contributed by atoms with E-state index in [9.17, 15) is 31.1 Å². The van der Waals surface area contributed by atoms with E-state index < -0.39 is 40.8 Å². The Kier molecular flexibility index (Phi) is 6.48. The monoisotopic (exact) mass is 482 g/mol. The van der Waals surface area contributed by atoms with Crippen molar-refractivity contribution >= 4 is 24.8 Å². The number of hydrogen-bond donors (Lipinski definition) is 2. The zero-order chi connectivity index (χ0) is 25.3. The molecular weight excluding hydrogens is 466 g/mol. The highest BCUT2D eigenvalue weighted by atomic mass is 19.4. The summed E-state index contributed by atoms with van der Waals surface area (Å²) in [6, 6.07) is 1.03. The van der Waals surface area contributed by atoms with Gasteiger partial charge in [0, 0.05) is 17.0 Å². The Bertz CT molecular complexity index is 1360. The smallest absolute Gasteiger partial charge is 0.366 e. The first-order valence-electron chi connectivity index (χ1n) is 9.35. The van der Waals surface area contributed by atoms with Gasteiger partial charge >= 0.3 is 12.4 Å². The van der Waals surface area contributed by atoms with E-state index in [1.807, 2.05) is 0 Å². The number of nitrogens with zero attached hydrogens (tertiary/aromatic N) is 4. The van der Waals surface area contributed by atoms with E-state index in [1.54, 1.807) is 19.1 Å². The predicted octanol–water partition coefficient (Wildman–Crippen LogP) is 2.87. The van der Waals surface area contributed by atoms with Crippen LogP contribution in [0.2, 0.25) is 0 Å². The molecule has 178 valence electrons. The Morgan fingerprint density at radius 2 is 1.74 bits per heavy atom. The number of hydrogen-bond acceptors (Lipinski definition) is 4. The van der Waals surface area contributed by atoms with Gasteiger partial charge in [0.15, 0.2) is 5.82 Å². The maximum atomic E-state index is 13.1. The SMILES string of the molecule is C=c1[nH]ncc1=CC=C(C)C(=Cn1cnc(-c2cc(C(F)(F)F)cc(C(F)(F)F)c2)n1)C(N)=O. The number of benzene rings is 1. The Hall–Kier alpha value is -4.16. The second-order valence-corrected chi connectivity index (χ2v) is 7.07. The van der Waals surface area contributed by atoms with Gasteiger partial charge in [0.1, 0.15) is 6.33 Å². The summed E-state index contributed by atoms with van der Waals surface area (Å²) in [5, 5.41) is 11.5. The number of alkyl halides is 6. The van der Waals surface area contributed by atoms with Gasteiger partial charge < -0.3 is 5.73 Å². The molecular formula is C21H16F6N6O. The van der Waals surface area contributed by atoms with E-state index in [-0.39, 0.29) is 11.6 Å². The Morgan fingerprint density at radius 3 is 2.24 bits per heavy atom. The lowest BCUT2D eigenvalue weighted by Gasteiger charge is -2.13. The minimum atomic E-state index is -5.01. The van der Waals surface area contributed by atoms with Crippen molar-refractivity contribution in [1.29, 1.82) is 0 Å². The lowest BCUT2D eigenvalue weighted by molar-refractivity contribution is -0.143. The van der Waals surface area contributed by atoms with E-state index in [0.29, 0.717) is 28.3 Å². The molecule has 34 heavy (non-hydrogen) atoms. The molecule has 0 aliphatic heterocycles. The molecule has 2 aromatic heterocycles. The third kappa shape index (κ3) is 5.60. The summed E-state index contributed by atoms with van der Waals surface area (Å²) in [5.41, 5.74) is 2.28. The van der Waals surface area contributed by atoms with E-state index in [0.717, 1.165) is 17.2 Å².